The number of nitrogens with one attached hydrogen (secondary N) is 1. The first kappa shape index (κ1) is 13.4. The zero-order chi connectivity index (χ0) is 15.1. The average Bonchev–Trinajstić information content (AvgIpc) is 2.88. The van der Waals surface area contributed by atoms with Gasteiger partial charge in [-0.3, -0.25) is 9.48 Å². The van der Waals surface area contributed by atoms with Gasteiger partial charge < -0.3 is 10.1 Å². The number of carbonyl (C=O) groups is 2. The Morgan fingerprint density at radius 2 is 2.10 bits per heavy atom. The fourth-order valence-corrected chi connectivity index (χ4v) is 2.66. The SMILES string of the molecule is CC(=O)Nc1c(C2OC(=O)c3ccccc32)c(C)nn1C. The summed E-state index contributed by atoms with van der Waals surface area (Å²) in [6.45, 7) is 3.26. The molecule has 2 aromatic rings. The fourth-order valence-electron chi connectivity index (χ4n) is 2.66. The van der Waals surface area contributed by atoms with Gasteiger partial charge in [-0.25, -0.2) is 4.79 Å². The normalized spacial score (nSPS) is 16.5. The predicted molar refractivity (Wildman–Crippen MR) is 75.9 cm³/mol. The van der Waals surface area contributed by atoms with Gasteiger partial charge in [0.1, 0.15) is 5.82 Å². The third kappa shape index (κ3) is 2.08. The van der Waals surface area contributed by atoms with E-state index in [1.165, 1.54) is 6.92 Å². The van der Waals surface area contributed by atoms with Gasteiger partial charge in [-0.2, -0.15) is 5.10 Å². The van der Waals surface area contributed by atoms with E-state index >= 15 is 0 Å². The molecule has 1 unspecified atom stereocenters. The van der Waals surface area contributed by atoms with Crippen LogP contribution in [-0.4, -0.2) is 21.7 Å². The van der Waals surface area contributed by atoms with Crippen LogP contribution in [0.3, 0.4) is 0 Å². The summed E-state index contributed by atoms with van der Waals surface area (Å²) in [5.41, 5.74) is 2.78. The van der Waals surface area contributed by atoms with E-state index in [9.17, 15) is 9.59 Å². The molecule has 3 rings (SSSR count). The molecule has 0 spiro atoms. The molecule has 2 heterocycles. The lowest BCUT2D eigenvalue weighted by molar-refractivity contribution is -0.114. The summed E-state index contributed by atoms with van der Waals surface area (Å²) in [7, 11) is 1.74. The highest BCUT2D eigenvalue weighted by atomic mass is 16.5. The van der Waals surface area contributed by atoms with Gasteiger partial charge in [0.2, 0.25) is 5.91 Å². The minimum atomic E-state index is -0.538. The topological polar surface area (TPSA) is 73.2 Å². The Labute approximate surface area is 121 Å². The Morgan fingerprint density at radius 1 is 1.38 bits per heavy atom. The molecule has 108 valence electrons. The summed E-state index contributed by atoms with van der Waals surface area (Å²) in [4.78, 5) is 23.4. The highest BCUT2D eigenvalue weighted by Crippen LogP contribution is 2.40. The number of hydrogen-bond donors (Lipinski definition) is 1. The molecule has 1 atom stereocenters. The van der Waals surface area contributed by atoms with E-state index in [0.717, 1.165) is 11.3 Å². The van der Waals surface area contributed by atoms with Crippen LogP contribution in [0.1, 0.15) is 40.2 Å². The second-order valence-electron chi connectivity index (χ2n) is 5.03. The van der Waals surface area contributed by atoms with Gasteiger partial charge in [0.15, 0.2) is 6.10 Å². The number of rotatable bonds is 2. The summed E-state index contributed by atoms with van der Waals surface area (Å²) in [5.74, 6) is -0.000935. The van der Waals surface area contributed by atoms with E-state index in [0.29, 0.717) is 16.9 Å². The molecule has 1 aromatic carbocycles. The summed E-state index contributed by atoms with van der Waals surface area (Å²) in [5, 5.41) is 7.07. The molecule has 0 saturated heterocycles. The van der Waals surface area contributed by atoms with Crippen molar-refractivity contribution >= 4 is 17.7 Å². The van der Waals surface area contributed by atoms with E-state index in [1.54, 1.807) is 23.9 Å². The van der Waals surface area contributed by atoms with Crippen molar-refractivity contribution in [3.05, 3.63) is 46.6 Å². The van der Waals surface area contributed by atoms with Crippen LogP contribution in [0.4, 0.5) is 5.82 Å². The van der Waals surface area contributed by atoms with E-state index in [4.69, 9.17) is 4.74 Å². The van der Waals surface area contributed by atoms with E-state index in [2.05, 4.69) is 10.4 Å². The van der Waals surface area contributed by atoms with Crippen molar-refractivity contribution in [2.45, 2.75) is 20.0 Å². The Morgan fingerprint density at radius 3 is 2.81 bits per heavy atom. The maximum atomic E-state index is 12.0. The first-order valence-electron chi connectivity index (χ1n) is 6.60. The second kappa shape index (κ2) is 4.73. The van der Waals surface area contributed by atoms with Gasteiger partial charge in [0, 0.05) is 19.5 Å². The number of hydrogen-bond acceptors (Lipinski definition) is 4. The number of fused-ring (bicyclic) bond motifs is 1. The van der Waals surface area contributed by atoms with Crippen LogP contribution in [0, 0.1) is 6.92 Å². The number of carbonyl (C=O) groups excluding carboxylic acids is 2. The molecule has 0 saturated carbocycles. The minimum absolute atomic E-state index is 0.197. The molecule has 1 N–H and O–H groups in total. The quantitative estimate of drug-likeness (QED) is 0.856. The molecule has 0 bridgehead atoms. The molecule has 1 aliphatic heterocycles. The van der Waals surface area contributed by atoms with Crippen LogP contribution in [0.25, 0.3) is 0 Å². The molecule has 0 fully saturated rings. The average molecular weight is 285 g/mol. The third-order valence-corrected chi connectivity index (χ3v) is 3.51. The predicted octanol–water partition coefficient (Wildman–Crippen LogP) is 1.95. The Bertz CT molecular complexity index is 749. The van der Waals surface area contributed by atoms with Crippen LogP contribution in [0.15, 0.2) is 24.3 Å². The van der Waals surface area contributed by atoms with Crippen molar-refractivity contribution in [2.75, 3.05) is 5.32 Å². The molecule has 6 nitrogen and oxygen atoms in total. The molecule has 0 aliphatic carbocycles. The Kier molecular flexibility index (Phi) is 3.01. The van der Waals surface area contributed by atoms with E-state index < -0.39 is 6.10 Å². The highest BCUT2D eigenvalue weighted by Gasteiger charge is 2.36. The van der Waals surface area contributed by atoms with Gasteiger partial charge in [0.05, 0.1) is 16.8 Å². The van der Waals surface area contributed by atoms with Crippen molar-refractivity contribution in [2.24, 2.45) is 7.05 Å². The monoisotopic (exact) mass is 285 g/mol. The van der Waals surface area contributed by atoms with Crippen LogP contribution in [0.5, 0.6) is 0 Å². The number of amides is 1. The fraction of sp³-hybridized carbons (Fsp3) is 0.267. The van der Waals surface area contributed by atoms with Crippen LogP contribution >= 0.6 is 0 Å². The maximum Gasteiger partial charge on any atom is 0.339 e. The molecule has 0 radical (unpaired) electrons. The van der Waals surface area contributed by atoms with Gasteiger partial charge in [-0.1, -0.05) is 18.2 Å². The lowest BCUT2D eigenvalue weighted by atomic mass is 9.99. The lowest BCUT2D eigenvalue weighted by Crippen LogP contribution is -2.13. The molecular formula is C15H15N3O3. The van der Waals surface area contributed by atoms with Crippen LogP contribution in [0.2, 0.25) is 0 Å². The maximum absolute atomic E-state index is 12.0. The Hall–Kier alpha value is -2.63. The number of aromatic nitrogens is 2. The number of cyclic esters (lactones) is 1. The zero-order valence-electron chi connectivity index (χ0n) is 12.0. The lowest BCUT2D eigenvalue weighted by Gasteiger charge is -2.13. The molecule has 1 aliphatic rings. The first-order valence-corrected chi connectivity index (χ1v) is 6.60. The third-order valence-electron chi connectivity index (χ3n) is 3.51. The van der Waals surface area contributed by atoms with Crippen molar-refractivity contribution in [3.63, 3.8) is 0 Å². The van der Waals surface area contributed by atoms with Crippen molar-refractivity contribution in [3.8, 4) is 0 Å². The molecule has 1 aromatic heterocycles. The summed E-state index contributed by atoms with van der Waals surface area (Å²) < 4.78 is 7.07. The van der Waals surface area contributed by atoms with Crippen molar-refractivity contribution in [1.29, 1.82) is 0 Å². The molecule has 6 heteroatoms. The number of ether oxygens (including phenoxy) is 1. The van der Waals surface area contributed by atoms with E-state index in [1.807, 2.05) is 19.1 Å². The van der Waals surface area contributed by atoms with Gasteiger partial charge >= 0.3 is 5.97 Å². The number of aryl methyl sites for hydroxylation is 2. The van der Waals surface area contributed by atoms with Crippen molar-refractivity contribution < 1.29 is 14.3 Å². The smallest absolute Gasteiger partial charge is 0.339 e. The summed E-state index contributed by atoms with van der Waals surface area (Å²) in [6, 6.07) is 7.25. The Balaban J connectivity index is 2.14. The molecule has 1 amide bonds. The second-order valence-corrected chi connectivity index (χ2v) is 5.03. The van der Waals surface area contributed by atoms with E-state index in [-0.39, 0.29) is 11.9 Å². The highest BCUT2D eigenvalue weighted by molar-refractivity contribution is 5.95. The number of benzene rings is 1. The summed E-state index contributed by atoms with van der Waals surface area (Å²) in [6.07, 6.45) is -0.538. The van der Waals surface area contributed by atoms with Gasteiger partial charge in [-0.05, 0) is 13.0 Å². The summed E-state index contributed by atoms with van der Waals surface area (Å²) >= 11 is 0. The van der Waals surface area contributed by atoms with Crippen LogP contribution < -0.4 is 5.32 Å². The van der Waals surface area contributed by atoms with Gasteiger partial charge in [-0.15, -0.1) is 0 Å². The van der Waals surface area contributed by atoms with Gasteiger partial charge in [0.25, 0.3) is 0 Å². The van der Waals surface area contributed by atoms with Crippen LogP contribution in [-0.2, 0) is 16.6 Å². The number of anilines is 1. The largest absolute Gasteiger partial charge is 0.449 e. The first-order chi connectivity index (χ1) is 9.99. The minimum Gasteiger partial charge on any atom is -0.449 e. The van der Waals surface area contributed by atoms with Crippen molar-refractivity contribution in [1.82, 2.24) is 9.78 Å². The zero-order valence-corrected chi connectivity index (χ0v) is 12.0. The number of esters is 1. The molecule has 21 heavy (non-hydrogen) atoms. The molecular weight excluding hydrogens is 270 g/mol. The number of nitrogens with zero attached hydrogens (tertiary/aromatic N) is 2. The standard InChI is InChI=1S/C15H15N3O3/c1-8-12(14(16-9(2)19)18(3)17-8)13-10-6-4-5-7-11(10)15(20)21-13/h4-7,13H,1-3H3,(H,16,19).